The molecule has 73 valence electrons. The first kappa shape index (κ1) is 9.59. The van der Waals surface area contributed by atoms with E-state index in [1.54, 1.807) is 18.5 Å². The second kappa shape index (κ2) is 4.51. The van der Waals surface area contributed by atoms with Crippen molar-refractivity contribution >= 4 is 6.08 Å². The Labute approximate surface area is 89.3 Å². The van der Waals surface area contributed by atoms with E-state index in [2.05, 4.69) is 16.9 Å². The minimum atomic E-state index is 0.752. The lowest BCUT2D eigenvalue weighted by Crippen LogP contribution is -1.86. The van der Waals surface area contributed by atoms with Crippen LogP contribution in [0.1, 0.15) is 5.56 Å². The van der Waals surface area contributed by atoms with Crippen LogP contribution >= 0.6 is 0 Å². The van der Waals surface area contributed by atoms with Crippen LogP contribution in [0.3, 0.4) is 0 Å². The van der Waals surface area contributed by atoms with Gasteiger partial charge >= 0.3 is 0 Å². The standard InChI is InChI=1S/C13H11N2/c1-2-4-11-5-7-12(8-6-11)13-14-9-3-10-15-13/h2-10H,1H2/b4-2+. The van der Waals surface area contributed by atoms with Crippen LogP contribution in [-0.2, 0) is 0 Å². The molecule has 0 N–H and O–H groups in total. The zero-order valence-corrected chi connectivity index (χ0v) is 8.30. The SMILES string of the molecule is [CH2]/C=C/c1ccc(-c2ncccn2)cc1. The van der Waals surface area contributed by atoms with Gasteiger partial charge in [0.05, 0.1) is 0 Å². The summed E-state index contributed by atoms with van der Waals surface area (Å²) in [7, 11) is 0. The third-order valence-corrected chi connectivity index (χ3v) is 2.04. The van der Waals surface area contributed by atoms with Crippen molar-refractivity contribution in [3.63, 3.8) is 0 Å². The molecular formula is C13H11N2. The Balaban J connectivity index is 2.32. The van der Waals surface area contributed by atoms with E-state index in [0.717, 1.165) is 17.0 Å². The molecule has 0 bridgehead atoms. The molecule has 0 spiro atoms. The summed E-state index contributed by atoms with van der Waals surface area (Å²) in [6.07, 6.45) is 7.21. The lowest BCUT2D eigenvalue weighted by Gasteiger charge is -1.99. The predicted molar refractivity (Wildman–Crippen MR) is 61.9 cm³/mol. The summed E-state index contributed by atoms with van der Waals surface area (Å²) in [6, 6.07) is 9.86. The fraction of sp³-hybridized carbons (Fsp3) is 0. The van der Waals surface area contributed by atoms with Crippen molar-refractivity contribution in [2.45, 2.75) is 0 Å². The molecule has 0 aliphatic rings. The molecular weight excluding hydrogens is 184 g/mol. The molecule has 0 saturated carbocycles. The van der Waals surface area contributed by atoms with E-state index >= 15 is 0 Å². The Morgan fingerprint density at radius 2 is 1.67 bits per heavy atom. The number of benzene rings is 1. The molecule has 0 atom stereocenters. The molecule has 1 radical (unpaired) electrons. The summed E-state index contributed by atoms with van der Waals surface area (Å²) >= 11 is 0. The highest BCUT2D eigenvalue weighted by Gasteiger charge is 1.97. The number of hydrogen-bond acceptors (Lipinski definition) is 2. The van der Waals surface area contributed by atoms with Crippen LogP contribution in [0.2, 0.25) is 0 Å². The summed E-state index contributed by atoms with van der Waals surface area (Å²) in [5.41, 5.74) is 2.15. The smallest absolute Gasteiger partial charge is 0.159 e. The molecule has 0 aliphatic carbocycles. The quantitative estimate of drug-likeness (QED) is 0.736. The molecule has 0 aliphatic heterocycles. The third kappa shape index (κ3) is 2.29. The summed E-state index contributed by atoms with van der Waals surface area (Å²) in [5.74, 6) is 0.752. The van der Waals surface area contributed by atoms with Crippen LogP contribution in [0, 0.1) is 6.92 Å². The Bertz CT molecular complexity index is 444. The number of rotatable bonds is 2. The predicted octanol–water partition coefficient (Wildman–Crippen LogP) is 2.99. The Hall–Kier alpha value is -1.96. The zero-order chi connectivity index (χ0) is 10.5. The van der Waals surface area contributed by atoms with Crippen molar-refractivity contribution in [1.82, 2.24) is 9.97 Å². The van der Waals surface area contributed by atoms with E-state index < -0.39 is 0 Å². The average molecular weight is 195 g/mol. The number of allylic oxidation sites excluding steroid dienone is 1. The number of nitrogens with zero attached hydrogens (tertiary/aromatic N) is 2. The van der Waals surface area contributed by atoms with Crippen molar-refractivity contribution in [1.29, 1.82) is 0 Å². The maximum Gasteiger partial charge on any atom is 0.159 e. The van der Waals surface area contributed by atoms with Gasteiger partial charge in [0.2, 0.25) is 0 Å². The fourth-order valence-corrected chi connectivity index (χ4v) is 1.33. The van der Waals surface area contributed by atoms with Gasteiger partial charge in [-0.25, -0.2) is 9.97 Å². The molecule has 1 aromatic carbocycles. The maximum absolute atomic E-state index is 4.18. The van der Waals surface area contributed by atoms with Gasteiger partial charge in [-0.3, -0.25) is 0 Å². The molecule has 15 heavy (non-hydrogen) atoms. The number of hydrogen-bond donors (Lipinski definition) is 0. The van der Waals surface area contributed by atoms with Gasteiger partial charge in [-0.05, 0) is 18.6 Å². The third-order valence-electron chi connectivity index (χ3n) is 2.04. The van der Waals surface area contributed by atoms with Crippen LogP contribution in [0.25, 0.3) is 17.5 Å². The maximum atomic E-state index is 4.18. The summed E-state index contributed by atoms with van der Waals surface area (Å²) in [6.45, 7) is 3.66. The van der Waals surface area contributed by atoms with Gasteiger partial charge in [-0.2, -0.15) is 0 Å². The highest BCUT2D eigenvalue weighted by molar-refractivity contribution is 5.59. The van der Waals surface area contributed by atoms with Gasteiger partial charge in [0, 0.05) is 18.0 Å². The van der Waals surface area contributed by atoms with Crippen LogP contribution in [0.15, 0.2) is 48.8 Å². The normalized spacial score (nSPS) is 10.7. The van der Waals surface area contributed by atoms with E-state index in [4.69, 9.17) is 0 Å². The van der Waals surface area contributed by atoms with E-state index in [1.165, 1.54) is 0 Å². The molecule has 1 aromatic heterocycles. The molecule has 0 saturated heterocycles. The monoisotopic (exact) mass is 195 g/mol. The van der Waals surface area contributed by atoms with Gasteiger partial charge in [-0.15, -0.1) is 0 Å². The van der Waals surface area contributed by atoms with Crippen LogP contribution in [0.5, 0.6) is 0 Å². The van der Waals surface area contributed by atoms with Crippen molar-refractivity contribution < 1.29 is 0 Å². The molecule has 2 heteroatoms. The molecule has 2 nitrogen and oxygen atoms in total. The summed E-state index contributed by atoms with van der Waals surface area (Å²) in [5, 5.41) is 0. The number of aromatic nitrogens is 2. The molecule has 0 amide bonds. The second-order valence-electron chi connectivity index (χ2n) is 3.10. The van der Waals surface area contributed by atoms with Gasteiger partial charge in [0.1, 0.15) is 0 Å². The van der Waals surface area contributed by atoms with E-state index in [1.807, 2.05) is 36.4 Å². The van der Waals surface area contributed by atoms with Crippen molar-refractivity contribution in [2.75, 3.05) is 0 Å². The topological polar surface area (TPSA) is 25.8 Å². The first-order valence-electron chi connectivity index (χ1n) is 4.73. The van der Waals surface area contributed by atoms with Crippen molar-refractivity contribution in [3.05, 3.63) is 61.3 Å². The first-order valence-corrected chi connectivity index (χ1v) is 4.73. The largest absolute Gasteiger partial charge is 0.237 e. The van der Waals surface area contributed by atoms with Gasteiger partial charge in [-0.1, -0.05) is 36.4 Å². The van der Waals surface area contributed by atoms with E-state index in [0.29, 0.717) is 0 Å². The Morgan fingerprint density at radius 3 is 2.27 bits per heavy atom. The lowest BCUT2D eigenvalue weighted by molar-refractivity contribution is 1.18. The van der Waals surface area contributed by atoms with Gasteiger partial charge in [0.25, 0.3) is 0 Å². The van der Waals surface area contributed by atoms with Crippen LogP contribution in [0.4, 0.5) is 0 Å². The molecule has 1 heterocycles. The fourth-order valence-electron chi connectivity index (χ4n) is 1.33. The first-order chi connectivity index (χ1) is 7.40. The van der Waals surface area contributed by atoms with Gasteiger partial charge in [0.15, 0.2) is 5.82 Å². The molecule has 0 unspecified atom stereocenters. The molecule has 2 aromatic rings. The minimum absolute atomic E-state index is 0.752. The van der Waals surface area contributed by atoms with Crippen molar-refractivity contribution in [2.24, 2.45) is 0 Å². The Kier molecular flexibility index (Phi) is 2.88. The van der Waals surface area contributed by atoms with Crippen LogP contribution < -0.4 is 0 Å². The van der Waals surface area contributed by atoms with Gasteiger partial charge < -0.3 is 0 Å². The highest BCUT2D eigenvalue weighted by Crippen LogP contribution is 2.15. The Morgan fingerprint density at radius 1 is 1.00 bits per heavy atom. The average Bonchev–Trinajstić information content (AvgIpc) is 2.32. The highest BCUT2D eigenvalue weighted by atomic mass is 14.8. The van der Waals surface area contributed by atoms with E-state index in [9.17, 15) is 0 Å². The lowest BCUT2D eigenvalue weighted by atomic mass is 10.1. The second-order valence-corrected chi connectivity index (χ2v) is 3.10. The van der Waals surface area contributed by atoms with Crippen molar-refractivity contribution in [3.8, 4) is 11.4 Å². The molecule has 0 fully saturated rings. The summed E-state index contributed by atoms with van der Waals surface area (Å²) < 4.78 is 0. The zero-order valence-electron chi connectivity index (χ0n) is 8.30. The minimum Gasteiger partial charge on any atom is -0.237 e. The van der Waals surface area contributed by atoms with E-state index in [-0.39, 0.29) is 0 Å². The van der Waals surface area contributed by atoms with Crippen LogP contribution in [-0.4, -0.2) is 9.97 Å². The summed E-state index contributed by atoms with van der Waals surface area (Å²) in [4.78, 5) is 8.37. The molecule has 2 rings (SSSR count).